The van der Waals surface area contributed by atoms with E-state index in [1.807, 2.05) is 24.0 Å². The van der Waals surface area contributed by atoms with Gasteiger partial charge in [-0.15, -0.1) is 21.5 Å². The first-order chi connectivity index (χ1) is 10.2. The zero-order valence-corrected chi connectivity index (χ0v) is 13.3. The van der Waals surface area contributed by atoms with E-state index in [-0.39, 0.29) is 5.91 Å². The second-order valence-electron chi connectivity index (χ2n) is 5.48. The van der Waals surface area contributed by atoms with Gasteiger partial charge < -0.3 is 9.47 Å². The van der Waals surface area contributed by atoms with E-state index in [9.17, 15) is 4.79 Å². The van der Waals surface area contributed by atoms with Crippen LogP contribution in [0, 0.1) is 6.92 Å². The summed E-state index contributed by atoms with van der Waals surface area (Å²) < 4.78 is 2.08. The topological polar surface area (TPSA) is 51.0 Å². The maximum absolute atomic E-state index is 12.6. The van der Waals surface area contributed by atoms with Gasteiger partial charge in [-0.25, -0.2) is 0 Å². The summed E-state index contributed by atoms with van der Waals surface area (Å²) in [5, 5.41) is 8.27. The molecule has 5 nitrogen and oxygen atoms in total. The molecule has 0 N–H and O–H groups in total. The zero-order chi connectivity index (χ0) is 14.8. The monoisotopic (exact) mass is 304 g/mol. The van der Waals surface area contributed by atoms with Crippen molar-refractivity contribution in [3.05, 3.63) is 34.0 Å². The Labute approximate surface area is 128 Å². The number of rotatable bonds is 3. The molecule has 2 aromatic heterocycles. The first kappa shape index (κ1) is 14.3. The number of hydrogen-bond donors (Lipinski definition) is 0. The van der Waals surface area contributed by atoms with Crippen LogP contribution in [-0.4, -0.2) is 38.7 Å². The smallest absolute Gasteiger partial charge is 0.263 e. The third-order valence-electron chi connectivity index (χ3n) is 4.01. The van der Waals surface area contributed by atoms with Gasteiger partial charge in [0.1, 0.15) is 12.2 Å². The van der Waals surface area contributed by atoms with Crippen LogP contribution in [0.4, 0.5) is 0 Å². The lowest BCUT2D eigenvalue weighted by Crippen LogP contribution is -2.39. The molecule has 3 rings (SSSR count). The molecule has 0 saturated carbocycles. The number of likely N-dealkylation sites (tertiary alicyclic amines) is 1. The fourth-order valence-corrected chi connectivity index (χ4v) is 3.74. The van der Waals surface area contributed by atoms with E-state index in [0.29, 0.717) is 5.92 Å². The Kier molecular flexibility index (Phi) is 4.05. The summed E-state index contributed by atoms with van der Waals surface area (Å²) in [6.45, 7) is 6.58. The molecule has 0 bridgehead atoms. The van der Waals surface area contributed by atoms with Crippen molar-refractivity contribution >= 4 is 17.2 Å². The Balaban J connectivity index is 1.75. The predicted molar refractivity (Wildman–Crippen MR) is 82.6 cm³/mol. The molecule has 1 amide bonds. The van der Waals surface area contributed by atoms with Crippen molar-refractivity contribution in [1.82, 2.24) is 19.7 Å². The second kappa shape index (κ2) is 5.97. The van der Waals surface area contributed by atoms with E-state index in [1.165, 1.54) is 4.88 Å². The highest BCUT2D eigenvalue weighted by Gasteiger charge is 2.28. The van der Waals surface area contributed by atoms with Gasteiger partial charge in [-0.2, -0.15) is 0 Å². The van der Waals surface area contributed by atoms with E-state index in [4.69, 9.17) is 0 Å². The Morgan fingerprint density at radius 2 is 2.33 bits per heavy atom. The van der Waals surface area contributed by atoms with E-state index in [0.717, 1.165) is 43.2 Å². The molecule has 0 spiro atoms. The molecule has 1 aliphatic heterocycles. The number of hydrogen-bond acceptors (Lipinski definition) is 4. The van der Waals surface area contributed by atoms with Crippen LogP contribution in [0.3, 0.4) is 0 Å². The number of thiophene rings is 1. The molecular weight excluding hydrogens is 284 g/mol. The van der Waals surface area contributed by atoms with Gasteiger partial charge in [0, 0.05) is 30.4 Å². The first-order valence-corrected chi connectivity index (χ1v) is 8.24. The average molecular weight is 304 g/mol. The van der Waals surface area contributed by atoms with Crippen molar-refractivity contribution in [2.24, 2.45) is 0 Å². The zero-order valence-electron chi connectivity index (χ0n) is 12.5. The van der Waals surface area contributed by atoms with Gasteiger partial charge in [0.25, 0.3) is 5.91 Å². The third kappa shape index (κ3) is 2.85. The molecular formula is C15H20N4OS. The van der Waals surface area contributed by atoms with Crippen LogP contribution in [0.15, 0.2) is 18.5 Å². The molecule has 1 atom stereocenters. The van der Waals surface area contributed by atoms with Crippen LogP contribution in [0.25, 0.3) is 0 Å². The minimum Gasteiger partial charge on any atom is -0.337 e. The van der Waals surface area contributed by atoms with Crippen LogP contribution < -0.4 is 0 Å². The predicted octanol–water partition coefficient (Wildman–Crippen LogP) is 2.69. The van der Waals surface area contributed by atoms with E-state index < -0.39 is 0 Å². The molecule has 1 aliphatic rings. The molecule has 0 aliphatic carbocycles. The first-order valence-electron chi connectivity index (χ1n) is 7.42. The van der Waals surface area contributed by atoms with Crippen molar-refractivity contribution in [2.75, 3.05) is 13.1 Å². The van der Waals surface area contributed by atoms with Gasteiger partial charge in [0.15, 0.2) is 0 Å². The van der Waals surface area contributed by atoms with Crippen molar-refractivity contribution in [3.63, 3.8) is 0 Å². The van der Waals surface area contributed by atoms with Crippen molar-refractivity contribution in [1.29, 1.82) is 0 Å². The molecule has 1 saturated heterocycles. The van der Waals surface area contributed by atoms with Gasteiger partial charge in [0.2, 0.25) is 0 Å². The van der Waals surface area contributed by atoms with Gasteiger partial charge in [0.05, 0.1) is 4.88 Å². The maximum Gasteiger partial charge on any atom is 0.263 e. The molecule has 1 fully saturated rings. The van der Waals surface area contributed by atoms with Crippen molar-refractivity contribution in [2.45, 2.75) is 39.2 Å². The molecule has 21 heavy (non-hydrogen) atoms. The lowest BCUT2D eigenvalue weighted by Gasteiger charge is -2.32. The summed E-state index contributed by atoms with van der Waals surface area (Å²) in [4.78, 5) is 16.6. The lowest BCUT2D eigenvalue weighted by atomic mass is 9.97. The summed E-state index contributed by atoms with van der Waals surface area (Å²) in [5.41, 5.74) is 0. The fraction of sp³-hybridized carbons (Fsp3) is 0.533. The highest BCUT2D eigenvalue weighted by molar-refractivity contribution is 7.13. The molecule has 3 heterocycles. The van der Waals surface area contributed by atoms with Crippen LogP contribution >= 0.6 is 11.3 Å². The summed E-state index contributed by atoms with van der Waals surface area (Å²) >= 11 is 1.57. The number of aromatic nitrogens is 3. The van der Waals surface area contributed by atoms with E-state index >= 15 is 0 Å². The standard InChI is InChI=1S/C15H20N4OS/c1-3-18-10-16-17-14(18)12-5-4-8-19(9-12)15(20)13-7-6-11(2)21-13/h6-7,10,12H,3-5,8-9H2,1-2H3. The molecule has 0 aromatic carbocycles. The van der Waals surface area contributed by atoms with Crippen molar-refractivity contribution < 1.29 is 4.79 Å². The number of carbonyl (C=O) groups is 1. The molecule has 112 valence electrons. The average Bonchev–Trinajstić information content (AvgIpc) is 3.15. The SMILES string of the molecule is CCn1cnnc1C1CCCN(C(=O)c2ccc(C)s2)C1. The highest BCUT2D eigenvalue weighted by atomic mass is 32.1. The Hall–Kier alpha value is -1.69. The normalized spacial score (nSPS) is 19.0. The number of nitrogens with zero attached hydrogens (tertiary/aromatic N) is 4. The summed E-state index contributed by atoms with van der Waals surface area (Å²) in [6, 6.07) is 3.94. The Morgan fingerprint density at radius 3 is 3.05 bits per heavy atom. The van der Waals surface area contributed by atoms with Crippen LogP contribution in [0.1, 0.15) is 46.1 Å². The number of amides is 1. The summed E-state index contributed by atoms with van der Waals surface area (Å²) in [6.07, 6.45) is 3.88. The highest BCUT2D eigenvalue weighted by Crippen LogP contribution is 2.27. The minimum absolute atomic E-state index is 0.153. The van der Waals surface area contributed by atoms with Gasteiger partial charge >= 0.3 is 0 Å². The number of aryl methyl sites for hydroxylation is 2. The van der Waals surface area contributed by atoms with Crippen molar-refractivity contribution in [3.8, 4) is 0 Å². The van der Waals surface area contributed by atoms with Gasteiger partial charge in [-0.05, 0) is 38.8 Å². The fourth-order valence-electron chi connectivity index (χ4n) is 2.90. The molecule has 2 aromatic rings. The third-order valence-corrected chi connectivity index (χ3v) is 5.00. The van der Waals surface area contributed by atoms with E-state index in [1.54, 1.807) is 17.7 Å². The van der Waals surface area contributed by atoms with Crippen LogP contribution in [0.2, 0.25) is 0 Å². The second-order valence-corrected chi connectivity index (χ2v) is 6.76. The summed E-state index contributed by atoms with van der Waals surface area (Å²) in [5.74, 6) is 1.46. The Bertz CT molecular complexity index is 633. The quantitative estimate of drug-likeness (QED) is 0.876. The molecule has 1 unspecified atom stereocenters. The van der Waals surface area contributed by atoms with E-state index in [2.05, 4.69) is 21.7 Å². The largest absolute Gasteiger partial charge is 0.337 e. The molecule has 6 heteroatoms. The summed E-state index contributed by atoms with van der Waals surface area (Å²) in [7, 11) is 0. The van der Waals surface area contributed by atoms with Crippen LogP contribution in [0.5, 0.6) is 0 Å². The Morgan fingerprint density at radius 1 is 1.48 bits per heavy atom. The molecule has 0 radical (unpaired) electrons. The van der Waals surface area contributed by atoms with Gasteiger partial charge in [-0.1, -0.05) is 0 Å². The minimum atomic E-state index is 0.153. The maximum atomic E-state index is 12.6. The van der Waals surface area contributed by atoms with Gasteiger partial charge in [-0.3, -0.25) is 4.79 Å². The van der Waals surface area contributed by atoms with Crippen LogP contribution in [-0.2, 0) is 6.54 Å². The number of carbonyl (C=O) groups excluding carboxylic acids is 1. The number of piperidine rings is 1. The lowest BCUT2D eigenvalue weighted by molar-refractivity contribution is 0.0708.